The predicted molar refractivity (Wildman–Crippen MR) is 123 cm³/mol. The van der Waals surface area contributed by atoms with Crippen molar-refractivity contribution in [1.82, 2.24) is 0 Å². The fourth-order valence-corrected chi connectivity index (χ4v) is 8.14. The van der Waals surface area contributed by atoms with Gasteiger partial charge in [-0.15, -0.1) is 0 Å². The van der Waals surface area contributed by atoms with Crippen molar-refractivity contribution >= 4 is 34.4 Å². The van der Waals surface area contributed by atoms with E-state index in [2.05, 4.69) is 78.9 Å². The second-order valence-electron chi connectivity index (χ2n) is 6.74. The Morgan fingerprint density at radius 1 is 0.586 bits per heavy atom. The average Bonchev–Trinajstić information content (AvgIpc) is 2.77. The Morgan fingerprint density at radius 3 is 1.38 bits per heavy atom. The number of carbonyl (C=O) groups excluding carboxylic acids is 1. The highest BCUT2D eigenvalue weighted by Crippen LogP contribution is 2.56. The third-order valence-electron chi connectivity index (χ3n) is 4.91. The number of hydrogen-bond acceptors (Lipinski definition) is 2. The zero-order valence-electron chi connectivity index (χ0n) is 16.2. The standard InChI is InChI=1S/C26H22O2P/c1-21(27)28-25-19-11-12-20-26(25)29(22-13-5-2-6-14-22,23-15-7-3-8-16-23)24-17-9-4-10-18-24/h2-20H,1H3/q+1. The molecular formula is C26H22O2P+. The Labute approximate surface area is 172 Å². The summed E-state index contributed by atoms with van der Waals surface area (Å²) in [6.07, 6.45) is 0. The smallest absolute Gasteiger partial charge is 0.308 e. The molecule has 0 N–H and O–H groups in total. The Bertz CT molecular complexity index is 996. The second-order valence-corrected chi connectivity index (χ2v) is 10.1. The number of ether oxygens (including phenoxy) is 1. The molecule has 0 saturated heterocycles. The lowest BCUT2D eigenvalue weighted by atomic mass is 10.3. The Morgan fingerprint density at radius 2 is 0.966 bits per heavy atom. The van der Waals surface area contributed by atoms with Crippen LogP contribution in [0.15, 0.2) is 115 Å². The predicted octanol–water partition coefficient (Wildman–Crippen LogP) is 4.23. The highest BCUT2D eigenvalue weighted by Gasteiger charge is 2.49. The highest BCUT2D eigenvalue weighted by molar-refractivity contribution is 8.01. The van der Waals surface area contributed by atoms with Crippen LogP contribution in [0.5, 0.6) is 5.75 Å². The van der Waals surface area contributed by atoms with E-state index in [0.717, 1.165) is 5.30 Å². The number of rotatable bonds is 5. The molecule has 4 aromatic rings. The molecule has 4 rings (SSSR count). The maximum absolute atomic E-state index is 11.9. The molecule has 3 heteroatoms. The summed E-state index contributed by atoms with van der Waals surface area (Å²) in [6, 6.07) is 39.5. The molecule has 0 atom stereocenters. The van der Waals surface area contributed by atoms with E-state index in [1.165, 1.54) is 22.8 Å². The van der Waals surface area contributed by atoms with Crippen LogP contribution in [-0.4, -0.2) is 5.97 Å². The minimum atomic E-state index is -2.28. The van der Waals surface area contributed by atoms with Crippen molar-refractivity contribution in [2.24, 2.45) is 0 Å². The number of esters is 1. The van der Waals surface area contributed by atoms with Gasteiger partial charge >= 0.3 is 5.97 Å². The van der Waals surface area contributed by atoms with Crippen molar-refractivity contribution < 1.29 is 9.53 Å². The van der Waals surface area contributed by atoms with Crippen molar-refractivity contribution in [2.75, 3.05) is 0 Å². The third kappa shape index (κ3) is 3.60. The minimum absolute atomic E-state index is 0.315. The average molecular weight is 397 g/mol. The van der Waals surface area contributed by atoms with Gasteiger partial charge in [-0.2, -0.15) is 0 Å². The van der Waals surface area contributed by atoms with Gasteiger partial charge in [-0.25, -0.2) is 0 Å². The molecule has 2 nitrogen and oxygen atoms in total. The summed E-state index contributed by atoms with van der Waals surface area (Å²) in [5, 5.41) is 4.70. The fraction of sp³-hybridized carbons (Fsp3) is 0.0385. The van der Waals surface area contributed by atoms with E-state index < -0.39 is 7.26 Å². The summed E-state index contributed by atoms with van der Waals surface area (Å²) in [5.41, 5.74) is 0. The second kappa shape index (κ2) is 8.43. The molecule has 4 aromatic carbocycles. The van der Waals surface area contributed by atoms with Crippen LogP contribution in [0, 0.1) is 0 Å². The highest BCUT2D eigenvalue weighted by atomic mass is 31.2. The Hall–Kier alpha value is -3.22. The fourth-order valence-electron chi connectivity index (χ4n) is 3.79. The summed E-state index contributed by atoms with van der Waals surface area (Å²) in [4.78, 5) is 11.9. The molecular weight excluding hydrogens is 375 g/mol. The molecule has 0 fully saturated rings. The van der Waals surface area contributed by atoms with Crippen LogP contribution < -0.4 is 26.0 Å². The molecule has 0 radical (unpaired) electrons. The molecule has 0 aliphatic heterocycles. The van der Waals surface area contributed by atoms with Crippen molar-refractivity contribution in [2.45, 2.75) is 6.92 Å². The van der Waals surface area contributed by atoms with E-state index in [0.29, 0.717) is 5.75 Å². The molecule has 29 heavy (non-hydrogen) atoms. The quantitative estimate of drug-likeness (QED) is 0.286. The molecule has 0 heterocycles. The lowest BCUT2D eigenvalue weighted by molar-refractivity contribution is -0.131. The van der Waals surface area contributed by atoms with E-state index in [1.54, 1.807) is 0 Å². The molecule has 0 aliphatic rings. The third-order valence-corrected chi connectivity index (χ3v) is 9.22. The molecule has 0 amide bonds. The van der Waals surface area contributed by atoms with Crippen molar-refractivity contribution in [3.8, 4) is 5.75 Å². The summed E-state index contributed by atoms with van der Waals surface area (Å²) in [7, 11) is -2.28. The normalized spacial score (nSPS) is 11.1. The van der Waals surface area contributed by atoms with Gasteiger partial charge in [0.2, 0.25) is 0 Å². The number of benzene rings is 4. The van der Waals surface area contributed by atoms with Gasteiger partial charge in [0.25, 0.3) is 0 Å². The summed E-state index contributed by atoms with van der Waals surface area (Å²) in [6.45, 7) is 1.45. The van der Waals surface area contributed by atoms with Crippen LogP contribution in [0.1, 0.15) is 6.92 Å². The van der Waals surface area contributed by atoms with Crippen LogP contribution in [0.25, 0.3) is 0 Å². The lowest BCUT2D eigenvalue weighted by Gasteiger charge is -2.28. The molecule has 0 unspecified atom stereocenters. The minimum Gasteiger partial charge on any atom is -0.422 e. The summed E-state index contributed by atoms with van der Waals surface area (Å²) in [5.74, 6) is 0.301. The largest absolute Gasteiger partial charge is 0.422 e. The van der Waals surface area contributed by atoms with E-state index in [4.69, 9.17) is 4.74 Å². The van der Waals surface area contributed by atoms with Crippen molar-refractivity contribution in [3.05, 3.63) is 115 Å². The molecule has 0 spiro atoms. The monoisotopic (exact) mass is 397 g/mol. The van der Waals surface area contributed by atoms with Gasteiger partial charge in [0.1, 0.15) is 23.2 Å². The number of carbonyl (C=O) groups is 1. The number of para-hydroxylation sites is 1. The maximum Gasteiger partial charge on any atom is 0.308 e. The van der Waals surface area contributed by atoms with Gasteiger partial charge in [-0.1, -0.05) is 66.7 Å². The summed E-state index contributed by atoms with van der Waals surface area (Å²) < 4.78 is 5.70. The first-order valence-corrected chi connectivity index (χ1v) is 11.4. The molecule has 0 bridgehead atoms. The van der Waals surface area contributed by atoms with Gasteiger partial charge in [0.05, 0.1) is 0 Å². The van der Waals surface area contributed by atoms with Crippen molar-refractivity contribution in [1.29, 1.82) is 0 Å². The zero-order valence-corrected chi connectivity index (χ0v) is 17.1. The van der Waals surface area contributed by atoms with Crippen LogP contribution >= 0.6 is 7.26 Å². The first kappa shape index (κ1) is 19.1. The number of hydrogen-bond donors (Lipinski definition) is 0. The van der Waals surface area contributed by atoms with Gasteiger partial charge in [0.15, 0.2) is 11.1 Å². The van der Waals surface area contributed by atoms with E-state index in [1.807, 2.05) is 36.4 Å². The van der Waals surface area contributed by atoms with Crippen LogP contribution in [0.4, 0.5) is 0 Å². The van der Waals surface area contributed by atoms with E-state index in [9.17, 15) is 4.79 Å². The van der Waals surface area contributed by atoms with Gasteiger partial charge < -0.3 is 4.74 Å². The van der Waals surface area contributed by atoms with Crippen LogP contribution in [0.3, 0.4) is 0 Å². The Kier molecular flexibility index (Phi) is 5.55. The van der Waals surface area contributed by atoms with Gasteiger partial charge in [-0.3, -0.25) is 4.79 Å². The lowest BCUT2D eigenvalue weighted by Crippen LogP contribution is -2.39. The van der Waals surface area contributed by atoms with E-state index >= 15 is 0 Å². The molecule has 0 aliphatic carbocycles. The maximum atomic E-state index is 11.9. The SMILES string of the molecule is CC(=O)Oc1ccccc1[P+](c1ccccc1)(c1ccccc1)c1ccccc1. The summed E-state index contributed by atoms with van der Waals surface area (Å²) >= 11 is 0. The molecule has 0 aromatic heterocycles. The van der Waals surface area contributed by atoms with Gasteiger partial charge in [-0.05, 0) is 48.5 Å². The van der Waals surface area contributed by atoms with Crippen LogP contribution in [-0.2, 0) is 4.79 Å². The Balaban J connectivity index is 2.14. The topological polar surface area (TPSA) is 26.3 Å². The first-order valence-electron chi connectivity index (χ1n) is 9.57. The first-order chi connectivity index (χ1) is 14.2. The van der Waals surface area contributed by atoms with Crippen LogP contribution in [0.2, 0.25) is 0 Å². The van der Waals surface area contributed by atoms with E-state index in [-0.39, 0.29) is 5.97 Å². The van der Waals surface area contributed by atoms with Crippen molar-refractivity contribution in [3.63, 3.8) is 0 Å². The molecule has 142 valence electrons. The zero-order chi connectivity index (χ0) is 20.1. The van der Waals surface area contributed by atoms with Gasteiger partial charge in [0, 0.05) is 6.92 Å². The molecule has 0 saturated carbocycles.